The Morgan fingerprint density at radius 2 is 1.78 bits per heavy atom. The number of aromatic nitrogens is 2. The zero-order chi connectivity index (χ0) is 22.1. The summed E-state index contributed by atoms with van der Waals surface area (Å²) in [5.41, 5.74) is 6.73. The van der Waals surface area contributed by atoms with Gasteiger partial charge in [-0.15, -0.1) is 16.4 Å². The summed E-state index contributed by atoms with van der Waals surface area (Å²) in [5.74, 6) is 0. The molecule has 2 heterocycles. The van der Waals surface area contributed by atoms with Gasteiger partial charge >= 0.3 is 0 Å². The Labute approximate surface area is 198 Å². The zero-order valence-corrected chi connectivity index (χ0v) is 19.5. The molecule has 10 heteroatoms. The van der Waals surface area contributed by atoms with Crippen molar-refractivity contribution < 1.29 is 4.92 Å². The maximum Gasteiger partial charge on any atom is 0.269 e. The van der Waals surface area contributed by atoms with Crippen molar-refractivity contribution in [3.63, 3.8) is 0 Å². The molecule has 0 aliphatic carbocycles. The third-order valence-electron chi connectivity index (χ3n) is 4.71. The molecule has 0 unspecified atom stereocenters. The molecule has 0 aliphatic rings. The number of hydrogen-bond donors (Lipinski definition) is 1. The maximum absolute atomic E-state index is 11.0. The van der Waals surface area contributed by atoms with E-state index in [1.807, 2.05) is 58.5 Å². The fourth-order valence-electron chi connectivity index (χ4n) is 3.20. The van der Waals surface area contributed by atoms with Gasteiger partial charge in [0.25, 0.3) is 5.69 Å². The van der Waals surface area contributed by atoms with Gasteiger partial charge in [0.05, 0.1) is 20.8 Å². The van der Waals surface area contributed by atoms with Crippen molar-refractivity contribution in [1.82, 2.24) is 9.55 Å². The van der Waals surface area contributed by atoms with Gasteiger partial charge in [-0.05, 0) is 54.1 Å². The second-order valence-electron chi connectivity index (χ2n) is 6.73. The summed E-state index contributed by atoms with van der Waals surface area (Å²) in [6.45, 7) is 0. The van der Waals surface area contributed by atoms with Crippen LogP contribution in [0.5, 0.6) is 0 Å². The highest BCUT2D eigenvalue weighted by atomic mass is 79.9. The maximum atomic E-state index is 11.0. The number of nitro benzene ring substituents is 1. The van der Waals surface area contributed by atoms with Crippen molar-refractivity contribution in [2.24, 2.45) is 5.10 Å². The summed E-state index contributed by atoms with van der Waals surface area (Å²) in [7, 11) is 0. The van der Waals surface area contributed by atoms with Gasteiger partial charge in [0.1, 0.15) is 0 Å². The van der Waals surface area contributed by atoms with Gasteiger partial charge < -0.3 is 0 Å². The number of para-hydroxylation sites is 1. The molecule has 0 atom stereocenters. The number of non-ortho nitro benzene ring substituents is 1. The lowest BCUT2D eigenvalue weighted by atomic mass is 10.1. The third-order valence-corrected chi connectivity index (χ3v) is 7.00. The summed E-state index contributed by atoms with van der Waals surface area (Å²) in [6.07, 6.45) is 0. The minimum Gasteiger partial charge on any atom is -0.284 e. The minimum absolute atomic E-state index is 0.0570. The molecule has 7 nitrogen and oxygen atoms in total. The van der Waals surface area contributed by atoms with Gasteiger partial charge in [-0.25, -0.2) is 10.4 Å². The van der Waals surface area contributed by atoms with E-state index in [0.29, 0.717) is 5.13 Å². The topological polar surface area (TPSA) is 85.3 Å². The number of nitrogens with one attached hydrogen (secondary N) is 1. The summed E-state index contributed by atoms with van der Waals surface area (Å²) in [4.78, 5) is 15.9. The molecule has 0 fully saturated rings. The zero-order valence-electron chi connectivity index (χ0n) is 16.3. The van der Waals surface area contributed by atoms with Crippen LogP contribution < -0.4 is 10.2 Å². The Kier molecular flexibility index (Phi) is 5.56. The molecule has 5 rings (SSSR count). The van der Waals surface area contributed by atoms with Gasteiger partial charge in [-0.3, -0.25) is 14.7 Å². The van der Waals surface area contributed by atoms with Gasteiger partial charge in [0.15, 0.2) is 0 Å². The molecule has 0 aliphatic heterocycles. The lowest BCUT2D eigenvalue weighted by Gasteiger charge is -2.09. The first kappa shape index (κ1) is 20.6. The number of nitro groups is 1. The summed E-state index contributed by atoms with van der Waals surface area (Å²) >= 11 is 6.49. The van der Waals surface area contributed by atoms with Crippen molar-refractivity contribution >= 4 is 59.6 Å². The van der Waals surface area contributed by atoms with Gasteiger partial charge in [0.2, 0.25) is 9.93 Å². The lowest BCUT2D eigenvalue weighted by molar-refractivity contribution is -0.384. The monoisotopic (exact) mass is 523 g/mol. The number of fused-ring (bicyclic) bond motifs is 1. The second-order valence-corrected chi connectivity index (χ2v) is 9.51. The van der Waals surface area contributed by atoms with E-state index in [4.69, 9.17) is 0 Å². The number of nitrogens with zero attached hydrogens (tertiary/aromatic N) is 4. The normalized spacial score (nSPS) is 11.7. The predicted molar refractivity (Wildman–Crippen MR) is 132 cm³/mol. The fraction of sp³-hybridized carbons (Fsp3) is 0. The smallest absolute Gasteiger partial charge is 0.269 e. The highest BCUT2D eigenvalue weighted by Gasteiger charge is 2.13. The van der Waals surface area contributed by atoms with E-state index in [-0.39, 0.29) is 5.69 Å². The van der Waals surface area contributed by atoms with Crippen LogP contribution >= 0.6 is 38.6 Å². The van der Waals surface area contributed by atoms with Crippen LogP contribution in [0.15, 0.2) is 87.8 Å². The molecule has 3 aromatic carbocycles. The first-order chi connectivity index (χ1) is 15.6. The van der Waals surface area contributed by atoms with Crippen LogP contribution in [-0.4, -0.2) is 14.5 Å². The van der Waals surface area contributed by atoms with Crippen LogP contribution in [0.3, 0.4) is 0 Å². The number of benzene rings is 3. The van der Waals surface area contributed by atoms with Gasteiger partial charge in [-0.1, -0.05) is 39.4 Å². The molecular weight excluding hydrogens is 510 g/mol. The van der Waals surface area contributed by atoms with Crippen LogP contribution in [0.4, 0.5) is 10.8 Å². The van der Waals surface area contributed by atoms with Gasteiger partial charge in [-0.2, -0.15) is 0 Å². The number of halogens is 1. The van der Waals surface area contributed by atoms with Crippen LogP contribution in [0.25, 0.3) is 27.2 Å². The molecule has 1 N–H and O–H groups in total. The first-order valence-corrected chi connectivity index (χ1v) is 11.9. The second kappa shape index (κ2) is 8.65. The Hall–Kier alpha value is -3.34. The summed E-state index contributed by atoms with van der Waals surface area (Å²) < 4.78 is 4.07. The number of hydrogen-bond acceptors (Lipinski definition) is 7. The SMILES string of the molecule is O=[N+]([O-])c1ccc(-c2cs/c(=N/Nc3nc4ccccc4s3)n2-c2ccc(Br)cc2)cc1. The molecule has 2 aromatic heterocycles. The molecular formula is C22H14BrN5O2S2. The summed E-state index contributed by atoms with van der Waals surface area (Å²) in [6, 6.07) is 22.4. The van der Waals surface area contributed by atoms with E-state index in [9.17, 15) is 10.1 Å². The molecule has 0 radical (unpaired) electrons. The highest BCUT2D eigenvalue weighted by molar-refractivity contribution is 9.10. The van der Waals surface area contributed by atoms with Crippen LogP contribution in [0, 0.1) is 10.1 Å². The Bertz CT molecular complexity index is 1450. The fourth-order valence-corrected chi connectivity index (χ4v) is 5.14. The Morgan fingerprint density at radius 1 is 1.03 bits per heavy atom. The largest absolute Gasteiger partial charge is 0.284 e. The van der Waals surface area contributed by atoms with E-state index in [2.05, 4.69) is 31.4 Å². The predicted octanol–water partition coefficient (Wildman–Crippen LogP) is 6.41. The average molecular weight is 524 g/mol. The van der Waals surface area contributed by atoms with Crippen LogP contribution in [0.2, 0.25) is 0 Å². The van der Waals surface area contributed by atoms with Crippen molar-refractivity contribution in [3.8, 4) is 16.9 Å². The number of anilines is 1. The van der Waals surface area contributed by atoms with E-state index in [1.54, 1.807) is 12.1 Å². The minimum atomic E-state index is -0.400. The lowest BCUT2D eigenvalue weighted by Crippen LogP contribution is -2.15. The molecule has 0 bridgehead atoms. The standard InChI is InChI=1S/C22H14BrN5O2S2/c23-15-7-11-16(12-8-15)27-19(14-5-9-17(10-6-14)28(29)30)13-31-22(27)26-25-21-24-18-3-1-2-4-20(18)32-21/h1-13H,(H,24,25)/b26-22+. The van der Waals surface area contributed by atoms with Crippen molar-refractivity contribution in [2.45, 2.75) is 0 Å². The van der Waals surface area contributed by atoms with Crippen molar-refractivity contribution in [3.05, 3.63) is 97.6 Å². The molecule has 0 spiro atoms. The third kappa shape index (κ3) is 4.07. The van der Waals surface area contributed by atoms with Crippen LogP contribution in [0.1, 0.15) is 0 Å². The Morgan fingerprint density at radius 3 is 2.50 bits per heavy atom. The molecule has 5 aromatic rings. The van der Waals surface area contributed by atoms with E-state index in [0.717, 1.165) is 36.4 Å². The highest BCUT2D eigenvalue weighted by Crippen LogP contribution is 2.27. The molecule has 0 saturated carbocycles. The summed E-state index contributed by atoms with van der Waals surface area (Å²) in [5, 5.41) is 18.3. The van der Waals surface area contributed by atoms with Gasteiger partial charge in [0, 0.05) is 27.7 Å². The number of thiazole rings is 2. The molecule has 0 amide bonds. The van der Waals surface area contributed by atoms with Crippen LogP contribution in [-0.2, 0) is 0 Å². The Balaban J connectivity index is 1.59. The van der Waals surface area contributed by atoms with Crippen molar-refractivity contribution in [1.29, 1.82) is 0 Å². The molecule has 32 heavy (non-hydrogen) atoms. The average Bonchev–Trinajstić information content (AvgIpc) is 3.42. The molecule has 0 saturated heterocycles. The van der Waals surface area contributed by atoms with E-state index in [1.165, 1.54) is 34.8 Å². The van der Waals surface area contributed by atoms with E-state index >= 15 is 0 Å². The molecule has 158 valence electrons. The first-order valence-electron chi connectivity index (χ1n) is 9.45. The van der Waals surface area contributed by atoms with Crippen molar-refractivity contribution in [2.75, 3.05) is 5.43 Å². The van der Waals surface area contributed by atoms with E-state index < -0.39 is 4.92 Å². The quantitative estimate of drug-likeness (QED) is 0.213. The number of rotatable bonds is 5.